The predicted molar refractivity (Wildman–Crippen MR) is 96.1 cm³/mol. The number of benzene rings is 2. The van der Waals surface area contributed by atoms with Crippen molar-refractivity contribution < 1.29 is 18.7 Å². The molecule has 0 aliphatic heterocycles. The number of hydrogen-bond acceptors (Lipinski definition) is 5. The molecule has 2 aromatic carbocycles. The van der Waals surface area contributed by atoms with Gasteiger partial charge >= 0.3 is 5.97 Å². The highest BCUT2D eigenvalue weighted by Gasteiger charge is 2.17. The highest BCUT2D eigenvalue weighted by Crippen LogP contribution is 2.15. The van der Waals surface area contributed by atoms with Crippen molar-refractivity contribution in [3.63, 3.8) is 0 Å². The molecule has 1 aromatic heterocycles. The van der Waals surface area contributed by atoms with Crippen molar-refractivity contribution in [3.05, 3.63) is 72.6 Å². The van der Waals surface area contributed by atoms with Crippen molar-refractivity contribution in [1.82, 2.24) is 14.8 Å². The molecule has 0 atom stereocenters. The number of ether oxygens (including phenoxy) is 1. The standard InChI is InChI=1S/C19H17FN4O3/c1-2-23(16-9-5-15(20)6-10-16)18(25)11-27-19(26)14-3-7-17(8-4-14)24-13-21-12-22-24/h3-10,12-13H,2,11H2,1H3. The molecule has 0 N–H and O–H groups in total. The van der Waals surface area contributed by atoms with Crippen molar-refractivity contribution in [2.45, 2.75) is 6.92 Å². The van der Waals surface area contributed by atoms with Crippen LogP contribution >= 0.6 is 0 Å². The molecule has 7 nitrogen and oxygen atoms in total. The largest absolute Gasteiger partial charge is 0.452 e. The lowest BCUT2D eigenvalue weighted by molar-refractivity contribution is -0.121. The van der Waals surface area contributed by atoms with Crippen molar-refractivity contribution >= 4 is 17.6 Å². The first-order valence-electron chi connectivity index (χ1n) is 8.26. The molecule has 8 heteroatoms. The summed E-state index contributed by atoms with van der Waals surface area (Å²) in [6.07, 6.45) is 2.95. The van der Waals surface area contributed by atoms with Crippen LogP contribution in [-0.2, 0) is 9.53 Å². The maximum Gasteiger partial charge on any atom is 0.338 e. The number of nitrogens with zero attached hydrogens (tertiary/aromatic N) is 4. The Kier molecular flexibility index (Phi) is 5.55. The third kappa shape index (κ3) is 4.35. The summed E-state index contributed by atoms with van der Waals surface area (Å²) in [5, 5.41) is 4.00. The molecular weight excluding hydrogens is 351 g/mol. The van der Waals surface area contributed by atoms with Gasteiger partial charge in [0.05, 0.1) is 11.3 Å². The van der Waals surface area contributed by atoms with Gasteiger partial charge in [0.15, 0.2) is 6.61 Å². The Morgan fingerprint density at radius 3 is 2.41 bits per heavy atom. The van der Waals surface area contributed by atoms with E-state index in [-0.39, 0.29) is 5.82 Å². The van der Waals surface area contributed by atoms with Crippen LogP contribution in [0.4, 0.5) is 10.1 Å². The SMILES string of the molecule is CCN(C(=O)COC(=O)c1ccc(-n2cncn2)cc1)c1ccc(F)cc1. The lowest BCUT2D eigenvalue weighted by Crippen LogP contribution is -2.34. The molecule has 0 saturated carbocycles. The minimum atomic E-state index is -0.608. The second kappa shape index (κ2) is 8.22. The first-order valence-corrected chi connectivity index (χ1v) is 8.26. The van der Waals surface area contributed by atoms with E-state index in [1.807, 2.05) is 0 Å². The minimum absolute atomic E-state index is 0.316. The first kappa shape index (κ1) is 18.2. The fourth-order valence-electron chi connectivity index (χ4n) is 2.50. The molecule has 0 unspecified atom stereocenters. The molecule has 0 saturated heterocycles. The van der Waals surface area contributed by atoms with Gasteiger partial charge in [0.1, 0.15) is 18.5 Å². The number of carbonyl (C=O) groups is 2. The maximum absolute atomic E-state index is 13.0. The fraction of sp³-hybridized carbons (Fsp3) is 0.158. The lowest BCUT2D eigenvalue weighted by atomic mass is 10.2. The second-order valence-electron chi connectivity index (χ2n) is 5.58. The molecule has 1 amide bonds. The summed E-state index contributed by atoms with van der Waals surface area (Å²) >= 11 is 0. The van der Waals surface area contributed by atoms with Gasteiger partial charge in [0.2, 0.25) is 0 Å². The van der Waals surface area contributed by atoms with Crippen LogP contribution in [0.25, 0.3) is 5.69 Å². The van der Waals surface area contributed by atoms with Gasteiger partial charge in [-0.15, -0.1) is 0 Å². The average molecular weight is 368 g/mol. The van der Waals surface area contributed by atoms with Crippen LogP contribution in [0.2, 0.25) is 0 Å². The Morgan fingerprint density at radius 2 is 1.81 bits per heavy atom. The Balaban J connectivity index is 1.60. The molecule has 0 aliphatic carbocycles. The zero-order valence-corrected chi connectivity index (χ0v) is 14.6. The Labute approximate surface area is 155 Å². The van der Waals surface area contributed by atoms with Crippen LogP contribution in [-0.4, -0.2) is 39.8 Å². The topological polar surface area (TPSA) is 77.3 Å². The van der Waals surface area contributed by atoms with E-state index in [0.29, 0.717) is 17.8 Å². The van der Waals surface area contributed by atoms with Gasteiger partial charge in [-0.05, 0) is 55.5 Å². The summed E-state index contributed by atoms with van der Waals surface area (Å²) in [5.41, 5.74) is 1.60. The van der Waals surface area contributed by atoms with E-state index in [1.165, 1.54) is 35.5 Å². The maximum atomic E-state index is 13.0. The van der Waals surface area contributed by atoms with Crippen molar-refractivity contribution in [1.29, 1.82) is 0 Å². The molecular formula is C19H17FN4O3. The number of carbonyl (C=O) groups excluding carboxylic acids is 2. The van der Waals surface area contributed by atoms with Crippen LogP contribution in [0.5, 0.6) is 0 Å². The predicted octanol–water partition coefficient (Wildman–Crippen LogP) is 2.62. The summed E-state index contributed by atoms with van der Waals surface area (Å²) in [6, 6.07) is 12.1. The van der Waals surface area contributed by atoms with E-state index in [1.54, 1.807) is 42.2 Å². The van der Waals surface area contributed by atoms with Gasteiger partial charge in [0, 0.05) is 12.2 Å². The molecule has 138 valence electrons. The normalized spacial score (nSPS) is 10.4. The van der Waals surface area contributed by atoms with Gasteiger partial charge in [-0.2, -0.15) is 5.10 Å². The highest BCUT2D eigenvalue weighted by atomic mass is 19.1. The lowest BCUT2D eigenvalue weighted by Gasteiger charge is -2.20. The van der Waals surface area contributed by atoms with Crippen LogP contribution in [0, 0.1) is 5.82 Å². The van der Waals surface area contributed by atoms with E-state index in [2.05, 4.69) is 10.1 Å². The number of amides is 1. The smallest absolute Gasteiger partial charge is 0.338 e. The third-order valence-corrected chi connectivity index (χ3v) is 3.87. The van der Waals surface area contributed by atoms with Gasteiger partial charge in [-0.3, -0.25) is 4.79 Å². The van der Waals surface area contributed by atoms with E-state index in [0.717, 1.165) is 5.69 Å². The van der Waals surface area contributed by atoms with E-state index in [9.17, 15) is 14.0 Å². The molecule has 0 spiro atoms. The number of aromatic nitrogens is 3. The molecule has 1 heterocycles. The molecule has 0 radical (unpaired) electrons. The molecule has 0 aliphatic rings. The molecule has 0 fully saturated rings. The van der Waals surface area contributed by atoms with Crippen LogP contribution in [0.1, 0.15) is 17.3 Å². The summed E-state index contributed by atoms with van der Waals surface area (Å²) in [7, 11) is 0. The van der Waals surface area contributed by atoms with Crippen LogP contribution < -0.4 is 4.90 Å². The quantitative estimate of drug-likeness (QED) is 0.625. The Bertz CT molecular complexity index is 909. The molecule has 3 aromatic rings. The number of hydrogen-bond donors (Lipinski definition) is 0. The van der Waals surface area contributed by atoms with Gasteiger partial charge in [-0.1, -0.05) is 0 Å². The van der Waals surface area contributed by atoms with E-state index < -0.39 is 18.5 Å². The van der Waals surface area contributed by atoms with Crippen molar-refractivity contribution in [2.75, 3.05) is 18.1 Å². The van der Waals surface area contributed by atoms with Crippen molar-refractivity contribution in [3.8, 4) is 5.69 Å². The second-order valence-corrected chi connectivity index (χ2v) is 5.58. The summed E-state index contributed by atoms with van der Waals surface area (Å²) < 4.78 is 19.7. The van der Waals surface area contributed by atoms with E-state index >= 15 is 0 Å². The third-order valence-electron chi connectivity index (χ3n) is 3.87. The van der Waals surface area contributed by atoms with Gasteiger partial charge in [-0.25, -0.2) is 18.9 Å². The average Bonchev–Trinajstić information content (AvgIpc) is 3.23. The zero-order valence-electron chi connectivity index (χ0n) is 14.6. The number of anilines is 1. The van der Waals surface area contributed by atoms with E-state index in [4.69, 9.17) is 4.74 Å². The first-order chi connectivity index (χ1) is 13.1. The monoisotopic (exact) mass is 368 g/mol. The van der Waals surface area contributed by atoms with Gasteiger partial charge < -0.3 is 9.64 Å². The van der Waals surface area contributed by atoms with Gasteiger partial charge in [0.25, 0.3) is 5.91 Å². The minimum Gasteiger partial charge on any atom is -0.452 e. The highest BCUT2D eigenvalue weighted by molar-refractivity contribution is 5.97. The Morgan fingerprint density at radius 1 is 1.11 bits per heavy atom. The zero-order chi connectivity index (χ0) is 19.2. The number of likely N-dealkylation sites (N-methyl/N-ethyl adjacent to an activating group) is 1. The molecule has 0 bridgehead atoms. The van der Waals surface area contributed by atoms with Crippen LogP contribution in [0.3, 0.4) is 0 Å². The molecule has 3 rings (SSSR count). The summed E-state index contributed by atoms with van der Waals surface area (Å²) in [5.74, 6) is -1.39. The summed E-state index contributed by atoms with van der Waals surface area (Å²) in [6.45, 7) is 1.75. The Hall–Kier alpha value is -3.55. The summed E-state index contributed by atoms with van der Waals surface area (Å²) in [4.78, 5) is 29.8. The van der Waals surface area contributed by atoms with Crippen molar-refractivity contribution in [2.24, 2.45) is 0 Å². The van der Waals surface area contributed by atoms with Crippen LogP contribution in [0.15, 0.2) is 61.2 Å². The number of rotatable bonds is 6. The fourth-order valence-corrected chi connectivity index (χ4v) is 2.50. The number of halogens is 1. The molecule has 27 heavy (non-hydrogen) atoms. The number of esters is 1.